The molecule has 1 heterocycles. The molecule has 50 heavy (non-hydrogen) atoms. The van der Waals surface area contributed by atoms with Crippen molar-refractivity contribution in [1.29, 1.82) is 0 Å². The molecule has 0 radical (unpaired) electrons. The quantitative estimate of drug-likeness (QED) is 0.0524. The third kappa shape index (κ3) is 12.9. The van der Waals surface area contributed by atoms with E-state index in [1.807, 2.05) is 0 Å². The molecule has 0 N–H and O–H groups in total. The number of hydrogen-bond acceptors (Lipinski definition) is 0. The normalized spacial score (nSPS) is 12.9. The van der Waals surface area contributed by atoms with Crippen molar-refractivity contribution in [3.63, 3.8) is 0 Å². The van der Waals surface area contributed by atoms with Crippen LogP contribution in [0.4, 0.5) is 0 Å². The van der Waals surface area contributed by atoms with Crippen LogP contribution in [0.2, 0.25) is 0 Å². The first-order chi connectivity index (χ1) is 24.0. The molecule has 2 nitrogen and oxygen atoms in total. The molecule has 0 unspecified atom stereocenters. The minimum atomic E-state index is 0. The molecule has 2 aromatic carbocycles. The molecule has 0 aromatic heterocycles. The summed E-state index contributed by atoms with van der Waals surface area (Å²) in [6.07, 6.45) is 31.5. The molecular weight excluding hydrogens is 651 g/mol. The largest absolute Gasteiger partial charge is 0.493 e. The van der Waals surface area contributed by atoms with Crippen LogP contribution in [0.25, 0.3) is 16.9 Å². The molecule has 0 amide bonds. The Balaban J connectivity index is 0.00000867. The van der Waals surface area contributed by atoms with Gasteiger partial charge in [0.1, 0.15) is 0 Å². The van der Waals surface area contributed by atoms with Crippen LogP contribution in [-0.4, -0.2) is 4.70 Å². The van der Waals surface area contributed by atoms with Crippen molar-refractivity contribution >= 4 is 11.4 Å². The number of allylic oxidation sites excluding steroid dienone is 2. The van der Waals surface area contributed by atoms with Crippen LogP contribution in [0.15, 0.2) is 35.9 Å². The summed E-state index contributed by atoms with van der Waals surface area (Å²) in [6, 6.07) is 9.85. The topological polar surface area (TPSA) is 25.3 Å². The summed E-state index contributed by atoms with van der Waals surface area (Å²) in [5.74, 6) is 0. The number of hydrogen-bond donors (Lipinski definition) is 0. The van der Waals surface area contributed by atoms with Crippen LogP contribution < -0.4 is 0 Å². The Labute approximate surface area is 319 Å². The average Bonchev–Trinajstić information content (AvgIpc) is 3.43. The maximum absolute atomic E-state index is 12.3. The smallest absolute Gasteiger partial charge is 0.210 e. The standard InChI is InChI=1S/C47H74N2.Ni/c1-8-15-19-22-29-39-32-42(33-40(30-23-20-16-9-2)45(39)31-24-21-17-10-3)46-36-41(28-18-11-4)47(49(46)48)43-34-37(25-12-5)44(27-14-7)38(35-43)26-13-6;/h32-36H,8-31H2,1-7H3;. The molecule has 0 saturated heterocycles. The Morgan fingerprint density at radius 2 is 0.840 bits per heavy atom. The number of unbranched alkanes of at least 4 members (excludes halogenated alkanes) is 10. The molecular formula is C47H74N2Ni. The summed E-state index contributed by atoms with van der Waals surface area (Å²) < 4.78 is 1.60. The van der Waals surface area contributed by atoms with Gasteiger partial charge in [-0.15, -0.1) is 0 Å². The zero-order valence-electron chi connectivity index (χ0n) is 33.6. The fraction of sp³-hybridized carbons (Fsp3) is 0.660. The van der Waals surface area contributed by atoms with Gasteiger partial charge in [-0.05, 0) is 128 Å². The second-order valence-electron chi connectivity index (χ2n) is 15.0. The van der Waals surface area contributed by atoms with Gasteiger partial charge < -0.3 is 5.53 Å². The van der Waals surface area contributed by atoms with Gasteiger partial charge in [0.05, 0.1) is 0 Å². The van der Waals surface area contributed by atoms with Crippen LogP contribution in [0, 0.1) is 0 Å². The molecule has 0 saturated carbocycles. The van der Waals surface area contributed by atoms with E-state index in [-0.39, 0.29) is 16.5 Å². The molecule has 0 atom stereocenters. The summed E-state index contributed by atoms with van der Waals surface area (Å²) >= 11 is 0. The minimum absolute atomic E-state index is 0. The molecule has 0 bridgehead atoms. The summed E-state index contributed by atoms with van der Waals surface area (Å²) in [6.45, 7) is 16.1. The first-order valence-electron chi connectivity index (χ1n) is 21.2. The monoisotopic (exact) mass is 725 g/mol. The van der Waals surface area contributed by atoms with E-state index in [2.05, 4.69) is 78.8 Å². The second kappa shape index (κ2) is 25.1. The summed E-state index contributed by atoms with van der Waals surface area (Å²) in [5, 5.41) is 0. The van der Waals surface area contributed by atoms with Crippen LogP contribution in [-0.2, 0) is 55.0 Å². The second-order valence-corrected chi connectivity index (χ2v) is 15.0. The maximum atomic E-state index is 12.3. The van der Waals surface area contributed by atoms with Gasteiger partial charge in [-0.25, -0.2) is 4.70 Å². The van der Waals surface area contributed by atoms with Gasteiger partial charge in [0.25, 0.3) is 0 Å². The summed E-state index contributed by atoms with van der Waals surface area (Å²) in [5.41, 5.74) is 27.3. The van der Waals surface area contributed by atoms with Crippen molar-refractivity contribution in [2.24, 2.45) is 0 Å². The van der Waals surface area contributed by atoms with E-state index in [4.69, 9.17) is 0 Å². The number of rotatable bonds is 26. The third-order valence-electron chi connectivity index (χ3n) is 10.7. The van der Waals surface area contributed by atoms with Crippen LogP contribution in [0.3, 0.4) is 0 Å². The Kier molecular flexibility index (Phi) is 22.1. The van der Waals surface area contributed by atoms with Crippen LogP contribution in [0.5, 0.6) is 0 Å². The van der Waals surface area contributed by atoms with E-state index < -0.39 is 0 Å². The molecule has 3 rings (SSSR count). The van der Waals surface area contributed by atoms with Crippen molar-refractivity contribution in [2.75, 3.05) is 0 Å². The molecule has 2 aromatic rings. The van der Waals surface area contributed by atoms with Crippen LogP contribution in [0.1, 0.15) is 209 Å². The van der Waals surface area contributed by atoms with Crippen molar-refractivity contribution < 1.29 is 21.2 Å². The molecule has 0 fully saturated rings. The van der Waals surface area contributed by atoms with E-state index in [1.54, 1.807) is 27.0 Å². The SMILES string of the molecule is CCCCCCc1cc(C2=CC(CCCC)=C(c3cc(CCC)c(CCC)c(CCC)c3)[N+]2=[N-])cc(CCCCCC)c1CCCCCC.[Ni]. The first kappa shape index (κ1) is 44.2. The van der Waals surface area contributed by atoms with Crippen molar-refractivity contribution in [3.8, 4) is 0 Å². The van der Waals surface area contributed by atoms with Crippen LogP contribution >= 0.6 is 0 Å². The number of benzene rings is 2. The summed E-state index contributed by atoms with van der Waals surface area (Å²) in [4.78, 5) is 0. The fourth-order valence-electron chi connectivity index (χ4n) is 8.04. The summed E-state index contributed by atoms with van der Waals surface area (Å²) in [7, 11) is 0. The van der Waals surface area contributed by atoms with Crippen molar-refractivity contribution in [3.05, 3.63) is 86.0 Å². The molecule has 1 aliphatic heterocycles. The Morgan fingerprint density at radius 3 is 1.30 bits per heavy atom. The van der Waals surface area contributed by atoms with Gasteiger partial charge in [-0.2, -0.15) is 0 Å². The van der Waals surface area contributed by atoms with Crippen molar-refractivity contribution in [2.45, 2.75) is 203 Å². The molecule has 0 aliphatic carbocycles. The third-order valence-corrected chi connectivity index (χ3v) is 10.7. The van der Waals surface area contributed by atoms with Gasteiger partial charge in [0, 0.05) is 39.3 Å². The number of nitrogens with zero attached hydrogens (tertiary/aromatic N) is 2. The van der Waals surface area contributed by atoms with E-state index >= 15 is 0 Å². The van der Waals surface area contributed by atoms with Gasteiger partial charge in [-0.3, -0.25) is 0 Å². The van der Waals surface area contributed by atoms with E-state index in [9.17, 15) is 5.53 Å². The number of aryl methyl sites for hydroxylation is 4. The average molecular weight is 726 g/mol. The Hall–Kier alpha value is -1.99. The minimum Gasteiger partial charge on any atom is -0.493 e. The van der Waals surface area contributed by atoms with Gasteiger partial charge in [0.2, 0.25) is 11.4 Å². The van der Waals surface area contributed by atoms with E-state index in [1.165, 1.54) is 118 Å². The van der Waals surface area contributed by atoms with Gasteiger partial charge in [-0.1, -0.05) is 132 Å². The predicted molar refractivity (Wildman–Crippen MR) is 216 cm³/mol. The predicted octanol–water partition coefficient (Wildman–Crippen LogP) is 14.9. The molecule has 3 heteroatoms. The zero-order chi connectivity index (χ0) is 35.4. The Bertz CT molecular complexity index is 1300. The van der Waals surface area contributed by atoms with Gasteiger partial charge in [0.15, 0.2) is 0 Å². The zero-order valence-corrected chi connectivity index (χ0v) is 34.6. The molecule has 1 aliphatic rings. The van der Waals surface area contributed by atoms with E-state index in [0.717, 1.165) is 75.6 Å². The maximum Gasteiger partial charge on any atom is 0.210 e. The molecule has 282 valence electrons. The van der Waals surface area contributed by atoms with E-state index in [0.29, 0.717) is 0 Å². The van der Waals surface area contributed by atoms with Gasteiger partial charge >= 0.3 is 0 Å². The Morgan fingerprint density at radius 1 is 0.420 bits per heavy atom. The van der Waals surface area contributed by atoms with Crippen molar-refractivity contribution in [1.82, 2.24) is 0 Å². The molecule has 0 spiro atoms. The first-order valence-corrected chi connectivity index (χ1v) is 21.2. The fourth-order valence-corrected chi connectivity index (χ4v) is 8.04.